The largest absolute Gasteiger partial charge is 0.471 e. The first kappa shape index (κ1) is 17.6. The summed E-state index contributed by atoms with van der Waals surface area (Å²) in [6, 6.07) is 0. The Hall–Kier alpha value is -1.35. The molecule has 9 heteroatoms. The standard InChI is InChI=1S/C10H16F3NO5/c1-17-8(15)2-4-18-6-7-19-5-3-14-9(16)10(11,12)13/h2-7H2,1H3,(H,14,16). The van der Waals surface area contributed by atoms with E-state index in [0.29, 0.717) is 0 Å². The van der Waals surface area contributed by atoms with Crippen LogP contribution in [-0.4, -0.2) is 58.1 Å². The van der Waals surface area contributed by atoms with Gasteiger partial charge in [0.1, 0.15) is 0 Å². The predicted octanol–water partition coefficient (Wildman–Crippen LogP) is 0.261. The molecule has 0 rings (SSSR count). The van der Waals surface area contributed by atoms with Gasteiger partial charge in [-0.3, -0.25) is 9.59 Å². The van der Waals surface area contributed by atoms with E-state index in [1.54, 1.807) is 5.32 Å². The summed E-state index contributed by atoms with van der Waals surface area (Å²) in [7, 11) is 1.26. The second-order valence-electron chi connectivity index (χ2n) is 3.30. The Morgan fingerprint density at radius 2 is 1.63 bits per heavy atom. The molecular weight excluding hydrogens is 271 g/mol. The van der Waals surface area contributed by atoms with Crippen LogP contribution in [0.1, 0.15) is 6.42 Å². The fraction of sp³-hybridized carbons (Fsp3) is 0.800. The quantitative estimate of drug-likeness (QED) is 0.486. The summed E-state index contributed by atoms with van der Waals surface area (Å²) in [5.74, 6) is -2.39. The summed E-state index contributed by atoms with van der Waals surface area (Å²) in [6.07, 6.45) is -4.75. The van der Waals surface area contributed by atoms with Crippen LogP contribution in [0.25, 0.3) is 0 Å². The molecule has 0 heterocycles. The summed E-state index contributed by atoms with van der Waals surface area (Å²) >= 11 is 0. The van der Waals surface area contributed by atoms with Crippen LogP contribution in [0, 0.1) is 0 Å². The van der Waals surface area contributed by atoms with Crippen molar-refractivity contribution < 1.29 is 37.0 Å². The minimum absolute atomic E-state index is 0.0534. The van der Waals surface area contributed by atoms with E-state index in [0.717, 1.165) is 0 Å². The Bertz CT molecular complexity index is 283. The van der Waals surface area contributed by atoms with Gasteiger partial charge < -0.3 is 19.5 Å². The second-order valence-corrected chi connectivity index (χ2v) is 3.30. The van der Waals surface area contributed by atoms with E-state index in [1.165, 1.54) is 7.11 Å². The van der Waals surface area contributed by atoms with Gasteiger partial charge in [0, 0.05) is 6.54 Å². The summed E-state index contributed by atoms with van der Waals surface area (Å²) in [4.78, 5) is 21.0. The van der Waals surface area contributed by atoms with Crippen LogP contribution < -0.4 is 5.32 Å². The number of alkyl halides is 3. The van der Waals surface area contributed by atoms with E-state index in [9.17, 15) is 22.8 Å². The molecule has 0 aromatic carbocycles. The molecule has 0 radical (unpaired) electrons. The lowest BCUT2D eigenvalue weighted by Gasteiger charge is -2.08. The molecule has 1 amide bonds. The van der Waals surface area contributed by atoms with Crippen molar-refractivity contribution in [1.82, 2.24) is 5.32 Å². The summed E-state index contributed by atoms with van der Waals surface area (Å²) < 4.78 is 49.5. The lowest BCUT2D eigenvalue weighted by atomic mass is 10.5. The van der Waals surface area contributed by atoms with Crippen molar-refractivity contribution in [2.24, 2.45) is 0 Å². The zero-order valence-corrected chi connectivity index (χ0v) is 10.4. The molecule has 0 saturated heterocycles. The number of halogens is 3. The van der Waals surface area contributed by atoms with Gasteiger partial charge in [-0.05, 0) is 0 Å². The monoisotopic (exact) mass is 287 g/mol. The SMILES string of the molecule is COC(=O)CCOCCOCCNC(=O)C(F)(F)F. The second kappa shape index (κ2) is 9.56. The van der Waals surface area contributed by atoms with E-state index in [2.05, 4.69) is 4.74 Å². The van der Waals surface area contributed by atoms with Crippen LogP contribution in [0.3, 0.4) is 0 Å². The Morgan fingerprint density at radius 1 is 1.05 bits per heavy atom. The molecule has 0 unspecified atom stereocenters. The first-order valence-corrected chi connectivity index (χ1v) is 5.45. The number of rotatable bonds is 9. The normalized spacial score (nSPS) is 11.2. The van der Waals surface area contributed by atoms with Crippen LogP contribution >= 0.6 is 0 Å². The molecule has 0 aliphatic carbocycles. The molecule has 19 heavy (non-hydrogen) atoms. The van der Waals surface area contributed by atoms with E-state index >= 15 is 0 Å². The molecular formula is C10H16F3NO5. The number of carbonyl (C=O) groups excluding carboxylic acids is 2. The highest BCUT2D eigenvalue weighted by molar-refractivity contribution is 5.81. The highest BCUT2D eigenvalue weighted by Crippen LogP contribution is 2.13. The van der Waals surface area contributed by atoms with Crippen LogP contribution in [0.4, 0.5) is 13.2 Å². The van der Waals surface area contributed by atoms with Crippen molar-refractivity contribution in [2.75, 3.05) is 40.1 Å². The van der Waals surface area contributed by atoms with Crippen molar-refractivity contribution in [3.63, 3.8) is 0 Å². The summed E-state index contributed by atoms with van der Waals surface area (Å²) in [5.41, 5.74) is 0. The van der Waals surface area contributed by atoms with Gasteiger partial charge in [0.15, 0.2) is 0 Å². The van der Waals surface area contributed by atoms with Gasteiger partial charge in [0.25, 0.3) is 0 Å². The molecule has 6 nitrogen and oxygen atoms in total. The Kier molecular flexibility index (Phi) is 8.88. The molecule has 1 N–H and O–H groups in total. The van der Waals surface area contributed by atoms with Crippen molar-refractivity contribution in [3.8, 4) is 0 Å². The van der Waals surface area contributed by atoms with Gasteiger partial charge >= 0.3 is 18.1 Å². The van der Waals surface area contributed by atoms with Gasteiger partial charge in [-0.1, -0.05) is 0 Å². The highest BCUT2D eigenvalue weighted by Gasteiger charge is 2.38. The highest BCUT2D eigenvalue weighted by atomic mass is 19.4. The zero-order chi connectivity index (χ0) is 14.7. The third-order valence-corrected chi connectivity index (χ3v) is 1.84. The Morgan fingerprint density at radius 3 is 2.16 bits per heavy atom. The predicted molar refractivity (Wildman–Crippen MR) is 57.3 cm³/mol. The van der Waals surface area contributed by atoms with E-state index in [-0.39, 0.29) is 39.4 Å². The fourth-order valence-corrected chi connectivity index (χ4v) is 0.916. The number of nitrogens with one attached hydrogen (secondary N) is 1. The zero-order valence-electron chi connectivity index (χ0n) is 10.4. The average Bonchev–Trinajstić information content (AvgIpc) is 2.34. The number of ether oxygens (including phenoxy) is 3. The maximum Gasteiger partial charge on any atom is 0.471 e. The number of amides is 1. The van der Waals surface area contributed by atoms with Gasteiger partial charge in [0.2, 0.25) is 0 Å². The smallest absolute Gasteiger partial charge is 0.469 e. The Labute approximate surface area is 108 Å². The van der Waals surface area contributed by atoms with E-state index in [1.807, 2.05) is 0 Å². The first-order chi connectivity index (χ1) is 8.88. The lowest BCUT2D eigenvalue weighted by Crippen LogP contribution is -2.38. The first-order valence-electron chi connectivity index (χ1n) is 5.45. The number of methoxy groups -OCH3 is 1. The number of hydrogen-bond acceptors (Lipinski definition) is 5. The lowest BCUT2D eigenvalue weighted by molar-refractivity contribution is -0.173. The minimum Gasteiger partial charge on any atom is -0.469 e. The molecule has 0 aliphatic rings. The summed E-state index contributed by atoms with van der Waals surface area (Å²) in [5, 5.41) is 1.66. The van der Waals surface area contributed by atoms with Crippen molar-refractivity contribution in [2.45, 2.75) is 12.6 Å². The van der Waals surface area contributed by atoms with Gasteiger partial charge in [-0.2, -0.15) is 13.2 Å². The topological polar surface area (TPSA) is 73.9 Å². The molecule has 0 aliphatic heterocycles. The molecule has 0 aromatic heterocycles. The molecule has 0 spiro atoms. The fourth-order valence-electron chi connectivity index (χ4n) is 0.916. The molecule has 0 bridgehead atoms. The maximum absolute atomic E-state index is 11.7. The number of hydrogen-bond donors (Lipinski definition) is 1. The van der Waals surface area contributed by atoms with Crippen LogP contribution in [0.2, 0.25) is 0 Å². The van der Waals surface area contributed by atoms with Crippen molar-refractivity contribution in [1.29, 1.82) is 0 Å². The third-order valence-electron chi connectivity index (χ3n) is 1.84. The number of carbonyl (C=O) groups is 2. The van der Waals surface area contributed by atoms with E-state index in [4.69, 9.17) is 9.47 Å². The molecule has 0 fully saturated rings. The minimum atomic E-state index is -4.88. The van der Waals surface area contributed by atoms with Crippen molar-refractivity contribution >= 4 is 11.9 Å². The van der Waals surface area contributed by atoms with Crippen LogP contribution in [-0.2, 0) is 23.8 Å². The average molecular weight is 287 g/mol. The van der Waals surface area contributed by atoms with Crippen LogP contribution in [0.15, 0.2) is 0 Å². The maximum atomic E-state index is 11.7. The van der Waals surface area contributed by atoms with Gasteiger partial charge in [0.05, 0.1) is 40.0 Å². The van der Waals surface area contributed by atoms with Gasteiger partial charge in [-0.25, -0.2) is 0 Å². The Balaban J connectivity index is 3.28. The molecule has 0 atom stereocenters. The van der Waals surface area contributed by atoms with Crippen molar-refractivity contribution in [3.05, 3.63) is 0 Å². The van der Waals surface area contributed by atoms with E-state index < -0.39 is 18.1 Å². The molecule has 0 saturated carbocycles. The molecule has 0 aromatic rings. The van der Waals surface area contributed by atoms with Crippen LogP contribution in [0.5, 0.6) is 0 Å². The molecule has 112 valence electrons. The third kappa shape index (κ3) is 10.3. The summed E-state index contributed by atoms with van der Waals surface area (Å²) in [6.45, 7) is 0.247. The number of esters is 1. The van der Waals surface area contributed by atoms with Gasteiger partial charge in [-0.15, -0.1) is 0 Å².